The molecule has 0 radical (unpaired) electrons. The number of piperidine rings is 1. The number of nitrogens with one attached hydrogen (secondary N) is 2. The molecule has 1 fully saturated rings. The highest BCUT2D eigenvalue weighted by molar-refractivity contribution is 5.98. The van der Waals surface area contributed by atoms with Crippen molar-refractivity contribution in [2.45, 2.75) is 18.9 Å². The number of anilines is 4. The van der Waals surface area contributed by atoms with Crippen LogP contribution in [0.4, 0.5) is 23.1 Å². The second kappa shape index (κ2) is 9.00. The molecule has 1 aliphatic heterocycles. The molecule has 156 valence electrons. The van der Waals surface area contributed by atoms with Crippen LogP contribution >= 0.6 is 0 Å². The van der Waals surface area contributed by atoms with E-state index in [4.69, 9.17) is 11.0 Å². The Labute approximate surface area is 178 Å². The minimum Gasteiger partial charge on any atom is -0.381 e. The second-order valence-electron chi connectivity index (χ2n) is 6.99. The Bertz CT molecular complexity index is 1090. The molecular formula is C20H20N10O. The van der Waals surface area contributed by atoms with Crippen molar-refractivity contribution in [2.24, 2.45) is 5.73 Å². The van der Waals surface area contributed by atoms with Crippen LogP contribution in [0.15, 0.2) is 43.0 Å². The van der Waals surface area contributed by atoms with Crippen molar-refractivity contribution in [3.05, 3.63) is 54.2 Å². The van der Waals surface area contributed by atoms with Crippen LogP contribution in [-0.2, 0) is 0 Å². The van der Waals surface area contributed by atoms with E-state index in [0.29, 0.717) is 28.6 Å². The van der Waals surface area contributed by atoms with E-state index in [1.54, 1.807) is 30.5 Å². The fourth-order valence-electron chi connectivity index (χ4n) is 3.36. The van der Waals surface area contributed by atoms with E-state index < -0.39 is 5.91 Å². The molecule has 0 aliphatic carbocycles. The number of nitrogens with two attached hydrogens (primary N) is 1. The molecule has 0 bridgehead atoms. The van der Waals surface area contributed by atoms with Crippen molar-refractivity contribution in [2.75, 3.05) is 28.6 Å². The number of aromatic nitrogens is 5. The third-order valence-corrected chi connectivity index (χ3v) is 4.95. The zero-order valence-electron chi connectivity index (χ0n) is 16.6. The summed E-state index contributed by atoms with van der Waals surface area (Å²) in [5, 5.41) is 23.4. The molecule has 3 aromatic rings. The molecule has 1 aliphatic rings. The van der Waals surface area contributed by atoms with Crippen LogP contribution in [0.3, 0.4) is 0 Å². The molecule has 1 saturated heterocycles. The highest BCUT2D eigenvalue weighted by Crippen LogP contribution is 2.25. The third-order valence-electron chi connectivity index (χ3n) is 4.95. The average molecular weight is 416 g/mol. The van der Waals surface area contributed by atoms with Crippen molar-refractivity contribution in [1.29, 1.82) is 5.26 Å². The Hall–Kier alpha value is -4.33. The lowest BCUT2D eigenvalue weighted by Crippen LogP contribution is -2.40. The number of nitriles is 1. The quantitative estimate of drug-likeness (QED) is 0.537. The molecular weight excluding hydrogens is 396 g/mol. The van der Waals surface area contributed by atoms with Gasteiger partial charge in [-0.15, -0.1) is 10.2 Å². The molecule has 0 aromatic carbocycles. The van der Waals surface area contributed by atoms with Gasteiger partial charge in [-0.25, -0.2) is 15.0 Å². The Morgan fingerprint density at radius 1 is 1.16 bits per heavy atom. The Morgan fingerprint density at radius 2 is 2.00 bits per heavy atom. The molecule has 0 atom stereocenters. The van der Waals surface area contributed by atoms with E-state index in [2.05, 4.69) is 40.7 Å². The van der Waals surface area contributed by atoms with Gasteiger partial charge in [0.25, 0.3) is 5.91 Å². The van der Waals surface area contributed by atoms with E-state index in [1.807, 2.05) is 6.07 Å². The minimum atomic E-state index is -0.547. The standard InChI is InChI=1S/C20H20N10O/c21-10-14-1-2-19(29-28-14)30-7-4-13(5-8-30)26-16-9-18(24-11-15(16)20(22)31)27-17-3-6-23-12-25-17/h1-3,6,9,11-13H,4-5,7-8H2,(H2,22,31)(H2,23,24,25,26,27). The van der Waals surface area contributed by atoms with Gasteiger partial charge < -0.3 is 21.3 Å². The van der Waals surface area contributed by atoms with Crippen molar-refractivity contribution in [3.8, 4) is 6.07 Å². The molecule has 0 saturated carbocycles. The van der Waals surface area contributed by atoms with Gasteiger partial charge in [0.1, 0.15) is 24.0 Å². The SMILES string of the molecule is N#Cc1ccc(N2CCC(Nc3cc(Nc4ccncn4)ncc3C(N)=O)CC2)nn1. The summed E-state index contributed by atoms with van der Waals surface area (Å²) in [5.74, 6) is 1.33. The van der Waals surface area contributed by atoms with Crippen molar-refractivity contribution in [3.63, 3.8) is 0 Å². The van der Waals surface area contributed by atoms with Crippen molar-refractivity contribution >= 4 is 29.0 Å². The molecule has 31 heavy (non-hydrogen) atoms. The number of carbonyl (C=O) groups excluding carboxylic acids is 1. The monoisotopic (exact) mass is 416 g/mol. The first-order valence-electron chi connectivity index (χ1n) is 9.70. The number of rotatable bonds is 6. The highest BCUT2D eigenvalue weighted by Gasteiger charge is 2.22. The fourth-order valence-corrected chi connectivity index (χ4v) is 3.36. The first-order chi connectivity index (χ1) is 15.1. The third kappa shape index (κ3) is 4.81. The molecule has 4 rings (SSSR count). The van der Waals surface area contributed by atoms with Gasteiger partial charge >= 0.3 is 0 Å². The number of primary amides is 1. The van der Waals surface area contributed by atoms with Gasteiger partial charge in [-0.2, -0.15) is 5.26 Å². The predicted octanol–water partition coefficient (Wildman–Crippen LogP) is 1.46. The van der Waals surface area contributed by atoms with Crippen molar-refractivity contribution in [1.82, 2.24) is 25.1 Å². The summed E-state index contributed by atoms with van der Waals surface area (Å²) in [6, 6.07) is 9.05. The summed E-state index contributed by atoms with van der Waals surface area (Å²) in [6.45, 7) is 1.53. The second-order valence-corrected chi connectivity index (χ2v) is 6.99. The Balaban J connectivity index is 1.43. The zero-order chi connectivity index (χ0) is 21.6. The molecule has 4 N–H and O–H groups in total. The van der Waals surface area contributed by atoms with Crippen LogP contribution < -0.4 is 21.3 Å². The van der Waals surface area contributed by atoms with E-state index in [1.165, 1.54) is 12.5 Å². The van der Waals surface area contributed by atoms with Gasteiger partial charge in [0.2, 0.25) is 0 Å². The Morgan fingerprint density at radius 3 is 2.65 bits per heavy atom. The van der Waals surface area contributed by atoms with Gasteiger partial charge in [-0.3, -0.25) is 4.79 Å². The van der Waals surface area contributed by atoms with Gasteiger partial charge in [0.05, 0.1) is 11.3 Å². The molecule has 0 spiro atoms. The number of carbonyl (C=O) groups is 1. The van der Waals surface area contributed by atoms with Gasteiger partial charge in [-0.1, -0.05) is 0 Å². The molecule has 0 unspecified atom stereocenters. The Kier molecular flexibility index (Phi) is 5.79. The maximum Gasteiger partial charge on any atom is 0.252 e. The molecule has 3 aromatic heterocycles. The summed E-state index contributed by atoms with van der Waals surface area (Å²) in [5.41, 5.74) is 6.78. The van der Waals surface area contributed by atoms with Crippen molar-refractivity contribution < 1.29 is 4.79 Å². The lowest BCUT2D eigenvalue weighted by molar-refractivity contribution is 0.100. The number of pyridine rings is 1. The summed E-state index contributed by atoms with van der Waals surface area (Å²) in [4.78, 5) is 26.3. The summed E-state index contributed by atoms with van der Waals surface area (Å²) in [7, 11) is 0. The molecule has 11 heteroatoms. The largest absolute Gasteiger partial charge is 0.381 e. The summed E-state index contributed by atoms with van der Waals surface area (Å²) in [6.07, 6.45) is 6.17. The van der Waals surface area contributed by atoms with E-state index in [-0.39, 0.29) is 6.04 Å². The van der Waals surface area contributed by atoms with Gasteiger partial charge in [-0.05, 0) is 31.0 Å². The number of amides is 1. The van der Waals surface area contributed by atoms with Gasteiger partial charge in [0.15, 0.2) is 11.5 Å². The summed E-state index contributed by atoms with van der Waals surface area (Å²) < 4.78 is 0. The first-order valence-corrected chi connectivity index (χ1v) is 9.70. The van der Waals surface area contributed by atoms with Crippen LogP contribution in [0, 0.1) is 11.3 Å². The maximum atomic E-state index is 11.9. The average Bonchev–Trinajstić information content (AvgIpc) is 2.80. The lowest BCUT2D eigenvalue weighted by atomic mass is 10.0. The van der Waals surface area contributed by atoms with Crippen LogP contribution in [0.5, 0.6) is 0 Å². The van der Waals surface area contributed by atoms with E-state index in [0.717, 1.165) is 31.7 Å². The zero-order valence-corrected chi connectivity index (χ0v) is 16.6. The van der Waals surface area contributed by atoms with Crippen LogP contribution in [-0.4, -0.2) is 50.2 Å². The van der Waals surface area contributed by atoms with E-state index >= 15 is 0 Å². The smallest absolute Gasteiger partial charge is 0.252 e. The topological polar surface area (TPSA) is 159 Å². The molecule has 11 nitrogen and oxygen atoms in total. The predicted molar refractivity (Wildman–Crippen MR) is 114 cm³/mol. The molecule has 1 amide bonds. The molecule has 4 heterocycles. The van der Waals surface area contributed by atoms with Crippen LogP contribution in [0.1, 0.15) is 28.9 Å². The van der Waals surface area contributed by atoms with Crippen LogP contribution in [0.25, 0.3) is 0 Å². The lowest BCUT2D eigenvalue weighted by Gasteiger charge is -2.33. The first kappa shape index (κ1) is 20.0. The van der Waals surface area contributed by atoms with E-state index in [9.17, 15) is 4.79 Å². The minimum absolute atomic E-state index is 0.148. The highest BCUT2D eigenvalue weighted by atomic mass is 16.1. The number of hydrogen-bond donors (Lipinski definition) is 3. The normalized spacial score (nSPS) is 14.0. The maximum absolute atomic E-state index is 11.9. The summed E-state index contributed by atoms with van der Waals surface area (Å²) >= 11 is 0. The fraction of sp³-hybridized carbons (Fsp3) is 0.250. The van der Waals surface area contributed by atoms with Gasteiger partial charge in [0, 0.05) is 37.6 Å². The number of hydrogen-bond acceptors (Lipinski definition) is 10. The van der Waals surface area contributed by atoms with Crippen LogP contribution in [0.2, 0.25) is 0 Å². The number of nitrogens with zero attached hydrogens (tertiary/aromatic N) is 7.